The van der Waals surface area contributed by atoms with Gasteiger partial charge in [-0.3, -0.25) is 9.59 Å². The molecule has 7 heteroatoms. The minimum absolute atomic E-state index is 0.0443. The van der Waals surface area contributed by atoms with E-state index in [2.05, 4.69) is 10.3 Å². The summed E-state index contributed by atoms with van der Waals surface area (Å²) in [6, 6.07) is 7.77. The maximum atomic E-state index is 12.2. The number of hydrogen-bond acceptors (Lipinski definition) is 4. The van der Waals surface area contributed by atoms with Crippen molar-refractivity contribution in [2.24, 2.45) is 0 Å². The molecule has 2 heterocycles. The Morgan fingerprint density at radius 2 is 1.92 bits per heavy atom. The average Bonchev–Trinajstić information content (AvgIpc) is 3.04. The van der Waals surface area contributed by atoms with E-state index in [1.165, 1.54) is 21.8 Å². The number of aryl methyl sites for hydroxylation is 1. The number of anilines is 1. The lowest BCUT2D eigenvalue weighted by Crippen LogP contribution is -3.13. The zero-order valence-corrected chi connectivity index (χ0v) is 16.1. The van der Waals surface area contributed by atoms with Crippen molar-refractivity contribution >= 4 is 28.8 Å². The maximum absolute atomic E-state index is 12.2. The van der Waals surface area contributed by atoms with Gasteiger partial charge in [0.15, 0.2) is 0 Å². The van der Waals surface area contributed by atoms with Gasteiger partial charge in [0, 0.05) is 18.0 Å². The van der Waals surface area contributed by atoms with E-state index in [4.69, 9.17) is 0 Å². The molecule has 26 heavy (non-hydrogen) atoms. The molecule has 2 N–H and O–H groups in total. The molecule has 1 saturated heterocycles. The number of benzene rings is 1. The first-order valence-corrected chi connectivity index (χ1v) is 9.76. The van der Waals surface area contributed by atoms with Crippen LogP contribution < -0.4 is 10.2 Å². The van der Waals surface area contributed by atoms with Crippen molar-refractivity contribution in [1.29, 1.82) is 0 Å². The molecule has 1 aliphatic rings. The van der Waals surface area contributed by atoms with E-state index >= 15 is 0 Å². The van der Waals surface area contributed by atoms with Crippen LogP contribution in [0.5, 0.6) is 0 Å². The van der Waals surface area contributed by atoms with Crippen molar-refractivity contribution in [3.8, 4) is 0 Å². The molecule has 0 radical (unpaired) electrons. The van der Waals surface area contributed by atoms with E-state index in [-0.39, 0.29) is 11.8 Å². The summed E-state index contributed by atoms with van der Waals surface area (Å²) in [7, 11) is 0. The fourth-order valence-electron chi connectivity index (χ4n) is 3.06. The number of quaternary nitrogens is 1. The summed E-state index contributed by atoms with van der Waals surface area (Å²) in [5, 5.41) is 5.79. The summed E-state index contributed by atoms with van der Waals surface area (Å²) in [5.74, 6) is 0.108. The molecule has 0 saturated carbocycles. The van der Waals surface area contributed by atoms with Crippen molar-refractivity contribution in [1.82, 2.24) is 9.88 Å². The van der Waals surface area contributed by atoms with Gasteiger partial charge in [0.25, 0.3) is 0 Å². The summed E-state index contributed by atoms with van der Waals surface area (Å²) >= 11 is 1.54. The SMILES string of the molecule is CC(=O)N1CC[NH+](Cc2csc(CC(=O)Nc3ccc(C)cc3)n2)CC1. The van der Waals surface area contributed by atoms with E-state index in [1.807, 2.05) is 41.5 Å². The Morgan fingerprint density at radius 3 is 2.58 bits per heavy atom. The predicted octanol–water partition coefficient (Wildman–Crippen LogP) is 0.880. The number of aromatic nitrogens is 1. The number of thiazole rings is 1. The minimum atomic E-state index is -0.0443. The zero-order valence-electron chi connectivity index (χ0n) is 15.2. The topological polar surface area (TPSA) is 66.7 Å². The number of hydrogen-bond donors (Lipinski definition) is 2. The first-order chi connectivity index (χ1) is 12.5. The fraction of sp³-hybridized carbons (Fsp3) is 0.421. The van der Waals surface area contributed by atoms with Crippen LogP contribution in [0.4, 0.5) is 5.69 Å². The van der Waals surface area contributed by atoms with Crippen molar-refractivity contribution < 1.29 is 14.5 Å². The van der Waals surface area contributed by atoms with Crippen LogP contribution in [0.3, 0.4) is 0 Å². The number of piperazine rings is 1. The van der Waals surface area contributed by atoms with Crippen LogP contribution in [0.2, 0.25) is 0 Å². The Morgan fingerprint density at radius 1 is 1.23 bits per heavy atom. The van der Waals surface area contributed by atoms with Crippen molar-refractivity contribution in [2.45, 2.75) is 26.8 Å². The Kier molecular flexibility index (Phi) is 6.00. The molecule has 0 aliphatic carbocycles. The highest BCUT2D eigenvalue weighted by molar-refractivity contribution is 7.09. The summed E-state index contributed by atoms with van der Waals surface area (Å²) in [6.45, 7) is 7.99. The fourth-order valence-corrected chi connectivity index (χ4v) is 3.85. The third-order valence-electron chi connectivity index (χ3n) is 4.59. The van der Waals surface area contributed by atoms with Crippen LogP contribution in [0.15, 0.2) is 29.6 Å². The Balaban J connectivity index is 1.48. The lowest BCUT2D eigenvalue weighted by Gasteiger charge is -2.31. The largest absolute Gasteiger partial charge is 0.332 e. The third kappa shape index (κ3) is 5.12. The molecule has 0 atom stereocenters. The average molecular weight is 374 g/mol. The highest BCUT2D eigenvalue weighted by atomic mass is 32.1. The van der Waals surface area contributed by atoms with Gasteiger partial charge in [-0.2, -0.15) is 0 Å². The molecule has 0 bridgehead atoms. The van der Waals surface area contributed by atoms with Crippen molar-refractivity contribution in [2.75, 3.05) is 31.5 Å². The van der Waals surface area contributed by atoms with Gasteiger partial charge in [0.2, 0.25) is 11.8 Å². The lowest BCUT2D eigenvalue weighted by molar-refractivity contribution is -0.917. The van der Waals surface area contributed by atoms with Gasteiger partial charge in [0.1, 0.15) is 17.2 Å². The van der Waals surface area contributed by atoms with Gasteiger partial charge in [-0.1, -0.05) is 17.7 Å². The number of carbonyl (C=O) groups is 2. The molecule has 1 aromatic carbocycles. The molecular formula is C19H25N4O2S+. The second-order valence-corrected chi connectivity index (χ2v) is 7.70. The lowest BCUT2D eigenvalue weighted by atomic mass is 10.2. The zero-order chi connectivity index (χ0) is 18.5. The summed E-state index contributed by atoms with van der Waals surface area (Å²) < 4.78 is 0. The summed E-state index contributed by atoms with van der Waals surface area (Å²) in [6.07, 6.45) is 0.298. The second kappa shape index (κ2) is 8.42. The molecule has 6 nitrogen and oxygen atoms in total. The molecule has 138 valence electrons. The van der Waals surface area contributed by atoms with E-state index in [1.54, 1.807) is 6.92 Å². The van der Waals surface area contributed by atoms with Gasteiger partial charge < -0.3 is 15.1 Å². The normalized spacial score (nSPS) is 15.1. The molecular weight excluding hydrogens is 348 g/mol. The van der Waals surface area contributed by atoms with Crippen molar-refractivity contribution in [3.05, 3.63) is 45.9 Å². The molecule has 0 unspecified atom stereocenters. The third-order valence-corrected chi connectivity index (χ3v) is 5.49. The minimum Gasteiger partial charge on any atom is -0.332 e. The summed E-state index contributed by atoms with van der Waals surface area (Å²) in [5.41, 5.74) is 3.00. The standard InChI is InChI=1S/C19H24N4O2S/c1-14-3-5-16(6-4-14)20-18(25)11-19-21-17(13-26-19)12-22-7-9-23(10-8-22)15(2)24/h3-6,13H,7-12H2,1-2H3,(H,20,25)/p+1. The smallest absolute Gasteiger partial charge is 0.231 e. The molecule has 0 spiro atoms. The van der Waals surface area contributed by atoms with E-state index in [0.717, 1.165) is 49.1 Å². The van der Waals surface area contributed by atoms with Gasteiger partial charge in [-0.05, 0) is 19.1 Å². The Hall–Kier alpha value is -2.25. The highest BCUT2D eigenvalue weighted by Crippen LogP contribution is 2.13. The van der Waals surface area contributed by atoms with Crippen LogP contribution in [0.1, 0.15) is 23.2 Å². The Bertz CT molecular complexity index is 764. The van der Waals surface area contributed by atoms with Crippen LogP contribution in [0, 0.1) is 6.92 Å². The molecule has 1 fully saturated rings. The quantitative estimate of drug-likeness (QED) is 0.818. The number of amides is 2. The molecule has 2 amide bonds. The Labute approximate surface area is 157 Å². The molecule has 1 aliphatic heterocycles. The first kappa shape index (κ1) is 18.5. The molecule has 1 aromatic heterocycles. The molecule has 3 rings (SSSR count). The van der Waals surface area contributed by atoms with Crippen molar-refractivity contribution in [3.63, 3.8) is 0 Å². The predicted molar refractivity (Wildman–Crippen MR) is 102 cm³/mol. The van der Waals surface area contributed by atoms with Crippen LogP contribution >= 0.6 is 11.3 Å². The van der Waals surface area contributed by atoms with Gasteiger partial charge in [-0.25, -0.2) is 4.98 Å². The van der Waals surface area contributed by atoms with Crippen LogP contribution in [-0.4, -0.2) is 47.9 Å². The van der Waals surface area contributed by atoms with E-state index in [0.29, 0.717) is 6.42 Å². The van der Waals surface area contributed by atoms with Gasteiger partial charge >= 0.3 is 0 Å². The maximum Gasteiger partial charge on any atom is 0.231 e. The monoisotopic (exact) mass is 373 g/mol. The van der Waals surface area contributed by atoms with E-state index in [9.17, 15) is 9.59 Å². The number of nitrogens with one attached hydrogen (secondary N) is 2. The number of rotatable bonds is 5. The van der Waals surface area contributed by atoms with E-state index < -0.39 is 0 Å². The van der Waals surface area contributed by atoms with Gasteiger partial charge in [0.05, 0.1) is 32.6 Å². The summed E-state index contributed by atoms with van der Waals surface area (Å²) in [4.78, 5) is 31.5. The first-order valence-electron chi connectivity index (χ1n) is 8.88. The van der Waals surface area contributed by atoms with Gasteiger partial charge in [-0.15, -0.1) is 11.3 Å². The number of carbonyl (C=O) groups excluding carboxylic acids is 2. The van der Waals surface area contributed by atoms with Crippen LogP contribution in [0.25, 0.3) is 0 Å². The highest BCUT2D eigenvalue weighted by Gasteiger charge is 2.22. The van der Waals surface area contributed by atoms with Crippen LogP contribution in [-0.2, 0) is 22.6 Å². The molecule has 2 aromatic rings. The second-order valence-electron chi connectivity index (χ2n) is 6.76. The number of nitrogens with zero attached hydrogens (tertiary/aromatic N) is 2.